The summed E-state index contributed by atoms with van der Waals surface area (Å²) in [7, 11) is 0. The SMILES string of the molecule is CCCOC(CCc1ccccc1)C1=[C-]CC=C1.[Cl-].[Cl-].[Ti+3]. The van der Waals surface area contributed by atoms with E-state index in [1.807, 2.05) is 0 Å². The van der Waals surface area contributed by atoms with E-state index in [1.54, 1.807) is 0 Å². The Labute approximate surface area is 155 Å². The van der Waals surface area contributed by atoms with E-state index in [2.05, 4.69) is 55.5 Å². The predicted molar refractivity (Wildman–Crippen MR) is 75.3 cm³/mol. The first-order valence-electron chi connectivity index (χ1n) is 6.83. The van der Waals surface area contributed by atoms with Gasteiger partial charge in [-0.05, 0) is 24.8 Å². The van der Waals surface area contributed by atoms with Gasteiger partial charge in [0.15, 0.2) is 0 Å². The number of rotatable bonds is 7. The molecule has 1 aromatic rings. The first-order chi connectivity index (χ1) is 8.90. The van der Waals surface area contributed by atoms with Gasteiger partial charge in [-0.2, -0.15) is 11.6 Å². The number of hydrogen-bond donors (Lipinski definition) is 0. The van der Waals surface area contributed by atoms with Crippen LogP contribution in [0.25, 0.3) is 0 Å². The summed E-state index contributed by atoms with van der Waals surface area (Å²) in [5.74, 6) is 0. The number of ether oxygens (including phenoxy) is 1. The third-order valence-corrected chi connectivity index (χ3v) is 3.13. The van der Waals surface area contributed by atoms with Gasteiger partial charge < -0.3 is 29.6 Å². The van der Waals surface area contributed by atoms with Gasteiger partial charge in [-0.1, -0.05) is 37.3 Å². The van der Waals surface area contributed by atoms with Crippen LogP contribution in [-0.4, -0.2) is 12.7 Å². The smallest absolute Gasteiger partial charge is 1.00 e. The Morgan fingerprint density at radius 3 is 2.48 bits per heavy atom. The fourth-order valence-electron chi connectivity index (χ4n) is 2.17. The van der Waals surface area contributed by atoms with Crippen LogP contribution in [0.3, 0.4) is 0 Å². The van der Waals surface area contributed by atoms with E-state index in [0.29, 0.717) is 0 Å². The maximum absolute atomic E-state index is 5.95. The first kappa shape index (κ1) is 23.2. The minimum absolute atomic E-state index is 0. The molecule has 1 nitrogen and oxygen atoms in total. The molecule has 0 aliphatic heterocycles. The first-order valence-corrected chi connectivity index (χ1v) is 6.83. The molecular formula is C17H21Cl2OTi. The summed E-state index contributed by atoms with van der Waals surface area (Å²) in [5.41, 5.74) is 2.62. The fraction of sp³-hybridized carbons (Fsp3) is 0.412. The molecule has 0 N–H and O–H groups in total. The molecule has 0 fully saturated rings. The van der Waals surface area contributed by atoms with Crippen LogP contribution in [0.5, 0.6) is 0 Å². The summed E-state index contributed by atoms with van der Waals surface area (Å²) in [6.45, 7) is 2.98. The Kier molecular flexibility index (Phi) is 15.0. The van der Waals surface area contributed by atoms with Crippen molar-refractivity contribution in [3.63, 3.8) is 0 Å². The number of benzene rings is 1. The molecule has 1 atom stereocenters. The summed E-state index contributed by atoms with van der Waals surface area (Å²) < 4.78 is 5.95. The van der Waals surface area contributed by atoms with Crippen molar-refractivity contribution in [3.05, 3.63) is 59.7 Å². The van der Waals surface area contributed by atoms with Crippen LogP contribution in [0.1, 0.15) is 31.7 Å². The van der Waals surface area contributed by atoms with Crippen molar-refractivity contribution in [2.45, 2.75) is 38.7 Å². The van der Waals surface area contributed by atoms with E-state index >= 15 is 0 Å². The van der Waals surface area contributed by atoms with E-state index in [4.69, 9.17) is 4.74 Å². The van der Waals surface area contributed by atoms with Crippen LogP contribution >= 0.6 is 0 Å². The summed E-state index contributed by atoms with van der Waals surface area (Å²) in [6, 6.07) is 10.6. The van der Waals surface area contributed by atoms with Crippen LogP contribution in [0.2, 0.25) is 0 Å². The van der Waals surface area contributed by atoms with Crippen LogP contribution in [0.15, 0.2) is 48.1 Å². The molecule has 113 valence electrons. The van der Waals surface area contributed by atoms with Crippen molar-refractivity contribution in [1.29, 1.82) is 0 Å². The molecule has 1 aliphatic carbocycles. The molecular weight excluding hydrogens is 339 g/mol. The molecule has 1 radical (unpaired) electrons. The predicted octanol–water partition coefficient (Wildman–Crippen LogP) is -1.89. The van der Waals surface area contributed by atoms with E-state index < -0.39 is 0 Å². The summed E-state index contributed by atoms with van der Waals surface area (Å²) in [5, 5.41) is 0. The molecule has 0 spiro atoms. The van der Waals surface area contributed by atoms with Crippen molar-refractivity contribution in [2.24, 2.45) is 0 Å². The van der Waals surface area contributed by atoms with Gasteiger partial charge in [0.2, 0.25) is 0 Å². The molecule has 0 saturated carbocycles. The van der Waals surface area contributed by atoms with Crippen molar-refractivity contribution >= 4 is 0 Å². The maximum Gasteiger partial charge on any atom is 3.00 e. The molecule has 1 aromatic carbocycles. The van der Waals surface area contributed by atoms with Gasteiger partial charge in [-0.15, -0.1) is 6.42 Å². The molecule has 0 aromatic heterocycles. The van der Waals surface area contributed by atoms with Gasteiger partial charge in [-0.25, -0.2) is 6.08 Å². The number of aryl methyl sites for hydroxylation is 1. The van der Waals surface area contributed by atoms with Crippen molar-refractivity contribution in [3.8, 4) is 0 Å². The van der Waals surface area contributed by atoms with Gasteiger partial charge in [-0.3, -0.25) is 6.08 Å². The minimum atomic E-state index is 0. The van der Waals surface area contributed by atoms with Gasteiger partial charge in [0.25, 0.3) is 0 Å². The third-order valence-electron chi connectivity index (χ3n) is 3.13. The molecule has 1 unspecified atom stereocenters. The quantitative estimate of drug-likeness (QED) is 0.408. The molecule has 2 rings (SSSR count). The molecule has 0 saturated heterocycles. The van der Waals surface area contributed by atoms with Gasteiger partial charge in [0.1, 0.15) is 0 Å². The molecule has 21 heavy (non-hydrogen) atoms. The van der Waals surface area contributed by atoms with Crippen LogP contribution in [0, 0.1) is 6.08 Å². The van der Waals surface area contributed by atoms with Crippen molar-refractivity contribution < 1.29 is 51.3 Å². The normalized spacial score (nSPS) is 13.5. The number of hydrogen-bond acceptors (Lipinski definition) is 1. The average molecular weight is 360 g/mol. The fourth-order valence-corrected chi connectivity index (χ4v) is 2.17. The monoisotopic (exact) mass is 359 g/mol. The molecule has 4 heteroatoms. The summed E-state index contributed by atoms with van der Waals surface area (Å²) in [4.78, 5) is 0. The second kappa shape index (κ2) is 13.6. The van der Waals surface area contributed by atoms with Gasteiger partial charge in [0.05, 0.1) is 0 Å². The average Bonchev–Trinajstić information content (AvgIpc) is 2.94. The topological polar surface area (TPSA) is 9.23 Å². The molecule has 1 aliphatic rings. The Morgan fingerprint density at radius 2 is 1.90 bits per heavy atom. The Morgan fingerprint density at radius 1 is 1.19 bits per heavy atom. The van der Waals surface area contributed by atoms with Crippen LogP contribution in [-0.2, 0) is 32.9 Å². The van der Waals surface area contributed by atoms with E-state index in [1.165, 1.54) is 11.1 Å². The maximum atomic E-state index is 5.95. The largest absolute Gasteiger partial charge is 3.00 e. The van der Waals surface area contributed by atoms with Crippen LogP contribution < -0.4 is 24.8 Å². The second-order valence-corrected chi connectivity index (χ2v) is 4.62. The van der Waals surface area contributed by atoms with E-state index in [0.717, 1.165) is 32.3 Å². The minimum Gasteiger partial charge on any atom is -1.00 e. The van der Waals surface area contributed by atoms with Crippen molar-refractivity contribution in [2.75, 3.05) is 6.61 Å². The second-order valence-electron chi connectivity index (χ2n) is 4.62. The van der Waals surface area contributed by atoms with E-state index in [9.17, 15) is 0 Å². The standard InChI is InChI=1S/C17H21O.2ClH.Ti/c1-2-14-18-17(16-10-6-7-11-16)13-12-15-8-4-3-5-9-15;;;/h3-6,8-10,17H,2,7,12-14H2,1H3;2*1H;/q-1;;;+3/p-2. The summed E-state index contributed by atoms with van der Waals surface area (Å²) in [6.07, 6.45) is 12.0. The molecule has 0 bridgehead atoms. The Bertz CT molecular complexity index is 418. The Balaban J connectivity index is 0. The number of allylic oxidation sites excluding steroid dienone is 2. The number of halogens is 2. The zero-order chi connectivity index (χ0) is 12.6. The van der Waals surface area contributed by atoms with Gasteiger partial charge >= 0.3 is 21.7 Å². The van der Waals surface area contributed by atoms with E-state index in [-0.39, 0.29) is 52.6 Å². The molecule has 0 heterocycles. The molecule has 0 amide bonds. The van der Waals surface area contributed by atoms with Gasteiger partial charge in [0, 0.05) is 12.7 Å². The zero-order valence-electron chi connectivity index (χ0n) is 12.3. The third kappa shape index (κ3) is 8.23. The zero-order valence-corrected chi connectivity index (χ0v) is 15.4. The van der Waals surface area contributed by atoms with Crippen LogP contribution in [0.4, 0.5) is 0 Å². The van der Waals surface area contributed by atoms with Crippen molar-refractivity contribution in [1.82, 2.24) is 0 Å². The summed E-state index contributed by atoms with van der Waals surface area (Å²) >= 11 is 0. The Hall–Kier alpha value is -0.0457.